The van der Waals surface area contributed by atoms with Crippen LogP contribution in [0.25, 0.3) is 10.9 Å². The Bertz CT molecular complexity index is 1290. The quantitative estimate of drug-likeness (QED) is 0.656. The van der Waals surface area contributed by atoms with Crippen molar-refractivity contribution in [2.24, 2.45) is 5.92 Å². The van der Waals surface area contributed by atoms with Gasteiger partial charge in [0.2, 0.25) is 10.0 Å². The number of amides is 1. The van der Waals surface area contributed by atoms with Crippen LogP contribution in [-0.4, -0.2) is 54.7 Å². The summed E-state index contributed by atoms with van der Waals surface area (Å²) in [6.07, 6.45) is 3.23. The first-order valence-electron chi connectivity index (χ1n) is 11.0. The maximum Gasteiger partial charge on any atom is 0.253 e. The lowest BCUT2D eigenvalue weighted by Gasteiger charge is -2.34. The van der Waals surface area contributed by atoms with Crippen molar-refractivity contribution < 1.29 is 17.6 Å². The van der Waals surface area contributed by atoms with Crippen LogP contribution in [0.15, 0.2) is 47.4 Å². The average Bonchev–Trinajstić information content (AvgIpc) is 3.16. The molecule has 5 rings (SSSR count). The van der Waals surface area contributed by atoms with Crippen molar-refractivity contribution in [2.45, 2.75) is 31.1 Å². The zero-order chi connectivity index (χ0) is 22.5. The zero-order valence-electron chi connectivity index (χ0n) is 18.0. The van der Waals surface area contributed by atoms with Crippen LogP contribution >= 0.6 is 0 Å². The molecule has 1 aliphatic heterocycles. The molecule has 32 heavy (non-hydrogen) atoms. The third-order valence-electron chi connectivity index (χ3n) is 6.64. The van der Waals surface area contributed by atoms with Gasteiger partial charge in [-0.05, 0) is 67.1 Å². The number of rotatable bonds is 3. The number of carbonyl (C=O) groups is 1. The number of nitrogens with one attached hydrogen (secondary N) is 1. The number of carbonyl (C=O) groups excluding carboxylic acids is 1. The van der Waals surface area contributed by atoms with Crippen molar-refractivity contribution >= 4 is 26.8 Å². The standard InChI is InChI=1S/C24H26FN3O3S/c1-16-5-7-22-20(13-16)21-14-17(6-8-23(21)26-22)24(29)27-9-11-28(12-10-27)32(30,31)19-4-2-3-18(25)15-19/h2-4,6,8,14-16,26H,5,7,9-13H2,1H3/t16-/m1/s1. The third-order valence-corrected chi connectivity index (χ3v) is 8.54. The van der Waals surface area contributed by atoms with Crippen LogP contribution in [0.1, 0.15) is 35.0 Å². The largest absolute Gasteiger partial charge is 0.358 e. The van der Waals surface area contributed by atoms with E-state index in [4.69, 9.17) is 0 Å². The van der Waals surface area contributed by atoms with E-state index in [1.165, 1.54) is 40.2 Å². The van der Waals surface area contributed by atoms with E-state index in [-0.39, 0.29) is 23.9 Å². The van der Waals surface area contributed by atoms with Crippen LogP contribution < -0.4 is 0 Å². The van der Waals surface area contributed by atoms with Gasteiger partial charge in [0, 0.05) is 48.3 Å². The van der Waals surface area contributed by atoms with E-state index in [2.05, 4.69) is 11.9 Å². The highest BCUT2D eigenvalue weighted by molar-refractivity contribution is 7.89. The van der Waals surface area contributed by atoms with Gasteiger partial charge >= 0.3 is 0 Å². The van der Waals surface area contributed by atoms with Crippen molar-refractivity contribution in [2.75, 3.05) is 26.2 Å². The number of aromatic amines is 1. The molecule has 0 spiro atoms. The van der Waals surface area contributed by atoms with Crippen LogP contribution in [0.4, 0.5) is 4.39 Å². The van der Waals surface area contributed by atoms with Gasteiger partial charge in [0.1, 0.15) is 5.82 Å². The Balaban J connectivity index is 1.32. The predicted octanol–water partition coefficient (Wildman–Crippen LogP) is 3.58. The van der Waals surface area contributed by atoms with Gasteiger partial charge in [0.25, 0.3) is 5.91 Å². The number of aryl methyl sites for hydroxylation is 1. The van der Waals surface area contributed by atoms with Crippen LogP contribution in [0.5, 0.6) is 0 Å². The molecule has 3 aromatic rings. The summed E-state index contributed by atoms with van der Waals surface area (Å²) in [5.41, 5.74) is 4.28. The first-order valence-corrected chi connectivity index (χ1v) is 12.5. The summed E-state index contributed by atoms with van der Waals surface area (Å²) in [6, 6.07) is 10.8. The highest BCUT2D eigenvalue weighted by Gasteiger charge is 2.31. The molecule has 0 bridgehead atoms. The number of H-pyrrole nitrogens is 1. The Morgan fingerprint density at radius 3 is 2.62 bits per heavy atom. The Kier molecular flexibility index (Phi) is 5.29. The second-order valence-electron chi connectivity index (χ2n) is 8.84. The molecule has 1 fully saturated rings. The molecule has 6 nitrogen and oxygen atoms in total. The van der Waals surface area contributed by atoms with Gasteiger partial charge in [-0.25, -0.2) is 12.8 Å². The molecule has 0 unspecified atom stereocenters. The summed E-state index contributed by atoms with van der Waals surface area (Å²) in [6.45, 7) is 3.23. The number of halogens is 1. The molecule has 2 aromatic carbocycles. The van der Waals surface area contributed by atoms with Crippen LogP contribution in [0, 0.1) is 11.7 Å². The normalized spacial score (nSPS) is 19.8. The zero-order valence-corrected chi connectivity index (χ0v) is 18.8. The van der Waals surface area contributed by atoms with E-state index >= 15 is 0 Å². The first kappa shape index (κ1) is 21.2. The van der Waals surface area contributed by atoms with E-state index in [1.54, 1.807) is 4.90 Å². The molecular formula is C24H26FN3O3S. The van der Waals surface area contributed by atoms with Gasteiger partial charge in [-0.15, -0.1) is 0 Å². The number of fused-ring (bicyclic) bond motifs is 3. The van der Waals surface area contributed by atoms with Crippen LogP contribution in [0.2, 0.25) is 0 Å². The monoisotopic (exact) mass is 455 g/mol. The number of nitrogens with zero attached hydrogens (tertiary/aromatic N) is 2. The highest BCUT2D eigenvalue weighted by Crippen LogP contribution is 2.32. The van der Waals surface area contributed by atoms with Crippen LogP contribution in [-0.2, 0) is 22.9 Å². The molecule has 0 saturated carbocycles. The van der Waals surface area contributed by atoms with Gasteiger partial charge in [0.15, 0.2) is 0 Å². The summed E-state index contributed by atoms with van der Waals surface area (Å²) in [5.74, 6) is -0.0425. The summed E-state index contributed by atoms with van der Waals surface area (Å²) in [4.78, 5) is 18.3. The minimum absolute atomic E-state index is 0.0609. The summed E-state index contributed by atoms with van der Waals surface area (Å²) in [7, 11) is -3.78. The fourth-order valence-corrected chi connectivity index (χ4v) is 6.27. The highest BCUT2D eigenvalue weighted by atomic mass is 32.2. The molecule has 168 valence electrons. The lowest BCUT2D eigenvalue weighted by atomic mass is 9.87. The Labute approximate surface area is 187 Å². The predicted molar refractivity (Wildman–Crippen MR) is 121 cm³/mol. The van der Waals surface area contributed by atoms with E-state index in [9.17, 15) is 17.6 Å². The Morgan fingerprint density at radius 1 is 1.09 bits per heavy atom. The topological polar surface area (TPSA) is 73.5 Å². The second-order valence-corrected chi connectivity index (χ2v) is 10.8. The SMILES string of the molecule is C[C@@H]1CCc2[nH]c3ccc(C(=O)N4CCN(S(=O)(=O)c5cccc(F)c5)CC4)cc3c2C1. The number of hydrogen-bond acceptors (Lipinski definition) is 3. The van der Waals surface area contributed by atoms with Gasteiger partial charge in [-0.1, -0.05) is 13.0 Å². The lowest BCUT2D eigenvalue weighted by Crippen LogP contribution is -2.50. The minimum Gasteiger partial charge on any atom is -0.358 e. The fraction of sp³-hybridized carbons (Fsp3) is 0.375. The lowest BCUT2D eigenvalue weighted by molar-refractivity contribution is 0.0698. The second kappa shape index (κ2) is 8.01. The molecule has 2 aliphatic rings. The van der Waals surface area contributed by atoms with Crippen molar-refractivity contribution in [3.63, 3.8) is 0 Å². The third kappa shape index (κ3) is 3.71. The van der Waals surface area contributed by atoms with E-state index < -0.39 is 15.8 Å². The summed E-state index contributed by atoms with van der Waals surface area (Å²) in [5, 5.41) is 1.12. The number of benzene rings is 2. The van der Waals surface area contributed by atoms with Crippen molar-refractivity contribution in [1.29, 1.82) is 0 Å². The summed E-state index contributed by atoms with van der Waals surface area (Å²) < 4.78 is 40.5. The van der Waals surface area contributed by atoms with Crippen molar-refractivity contribution in [3.8, 4) is 0 Å². The molecule has 1 amide bonds. The average molecular weight is 456 g/mol. The fourth-order valence-electron chi connectivity index (χ4n) is 4.81. The van der Waals surface area contributed by atoms with Crippen molar-refractivity contribution in [3.05, 3.63) is 65.1 Å². The molecule has 2 heterocycles. The number of piperazine rings is 1. The van der Waals surface area contributed by atoms with Gasteiger partial charge in [-0.3, -0.25) is 4.79 Å². The van der Waals surface area contributed by atoms with E-state index in [0.717, 1.165) is 29.8 Å². The van der Waals surface area contributed by atoms with Crippen LogP contribution in [0.3, 0.4) is 0 Å². The molecule has 1 aliphatic carbocycles. The maximum absolute atomic E-state index is 13.5. The van der Waals surface area contributed by atoms with E-state index in [0.29, 0.717) is 24.6 Å². The number of hydrogen-bond donors (Lipinski definition) is 1. The Hall–Kier alpha value is -2.71. The number of sulfonamides is 1. The molecule has 0 radical (unpaired) electrons. The molecule has 1 saturated heterocycles. The summed E-state index contributed by atoms with van der Waals surface area (Å²) >= 11 is 0. The molecular weight excluding hydrogens is 429 g/mol. The molecule has 1 aromatic heterocycles. The smallest absolute Gasteiger partial charge is 0.253 e. The molecule has 8 heteroatoms. The number of aromatic nitrogens is 1. The minimum atomic E-state index is -3.78. The van der Waals surface area contributed by atoms with Crippen molar-refractivity contribution in [1.82, 2.24) is 14.2 Å². The van der Waals surface area contributed by atoms with E-state index in [1.807, 2.05) is 18.2 Å². The Morgan fingerprint density at radius 2 is 1.88 bits per heavy atom. The first-order chi connectivity index (χ1) is 15.3. The van der Waals surface area contributed by atoms with Gasteiger partial charge in [-0.2, -0.15) is 4.31 Å². The molecule has 1 atom stereocenters. The van der Waals surface area contributed by atoms with Gasteiger partial charge < -0.3 is 9.88 Å². The van der Waals surface area contributed by atoms with Gasteiger partial charge in [0.05, 0.1) is 4.90 Å². The molecule has 1 N–H and O–H groups in total. The maximum atomic E-state index is 13.5.